The molecule has 1 N–H and O–H groups in total. The highest BCUT2D eigenvalue weighted by atomic mass is 19.4. The van der Waals surface area contributed by atoms with E-state index in [9.17, 15) is 18.0 Å². The van der Waals surface area contributed by atoms with Crippen LogP contribution >= 0.6 is 0 Å². The molecule has 3 saturated heterocycles. The number of benzene rings is 1. The third kappa shape index (κ3) is 4.50. The maximum atomic E-state index is 12.9. The smallest absolute Gasteiger partial charge is 0.433 e. The molecule has 1 amide bonds. The number of rotatable bonds is 6. The van der Waals surface area contributed by atoms with Crippen LogP contribution in [0.5, 0.6) is 11.5 Å². The highest BCUT2D eigenvalue weighted by Gasteiger charge is 2.46. The first-order valence-corrected chi connectivity index (χ1v) is 9.69. The lowest BCUT2D eigenvalue weighted by Crippen LogP contribution is -2.69. The molecule has 2 unspecified atom stereocenters. The molecule has 0 aliphatic carbocycles. The number of piperidine rings is 1. The maximum Gasteiger partial charge on any atom is 0.433 e. The van der Waals surface area contributed by atoms with Gasteiger partial charge >= 0.3 is 6.18 Å². The summed E-state index contributed by atoms with van der Waals surface area (Å²) in [6.45, 7) is 1.20. The fourth-order valence-electron chi connectivity index (χ4n) is 4.05. The number of ether oxygens (including phenoxy) is 2. The number of anilines is 2. The number of amides is 1. The summed E-state index contributed by atoms with van der Waals surface area (Å²) in [6.07, 6.45) is -2.68. The van der Waals surface area contributed by atoms with Crippen LogP contribution in [0.4, 0.5) is 24.7 Å². The normalized spacial score (nSPS) is 20.7. The van der Waals surface area contributed by atoms with Crippen LogP contribution < -0.4 is 19.7 Å². The molecular weight excluding hydrogens is 415 g/mol. The number of piperazine rings is 1. The van der Waals surface area contributed by atoms with E-state index in [0.29, 0.717) is 30.3 Å². The Hall–Kier alpha value is -3.08. The van der Waals surface area contributed by atoms with E-state index in [1.807, 2.05) is 4.90 Å². The number of carbonyl (C=O) groups excluding carboxylic acids is 1. The molecule has 2 aromatic rings. The summed E-state index contributed by atoms with van der Waals surface area (Å²) < 4.78 is 49.2. The van der Waals surface area contributed by atoms with Gasteiger partial charge in [0.25, 0.3) is 0 Å². The number of methoxy groups -OCH3 is 2. The number of nitrogens with zero attached hydrogens (tertiary/aromatic N) is 4. The van der Waals surface area contributed by atoms with E-state index in [0.717, 1.165) is 18.8 Å². The Morgan fingerprint density at radius 2 is 1.74 bits per heavy atom. The molecule has 5 rings (SSSR count). The van der Waals surface area contributed by atoms with Gasteiger partial charge in [0.1, 0.15) is 29.3 Å². The molecular formula is C20H22F3N5O3. The quantitative estimate of drug-likeness (QED) is 0.744. The number of fused-ring (bicyclic) bond motifs is 2. The molecule has 31 heavy (non-hydrogen) atoms. The van der Waals surface area contributed by atoms with Crippen molar-refractivity contribution >= 4 is 17.4 Å². The van der Waals surface area contributed by atoms with Crippen LogP contribution in [0.2, 0.25) is 0 Å². The van der Waals surface area contributed by atoms with E-state index in [2.05, 4.69) is 20.2 Å². The summed E-state index contributed by atoms with van der Waals surface area (Å²) in [5.41, 5.74) is -0.393. The number of hydrogen-bond acceptors (Lipinski definition) is 7. The average molecular weight is 437 g/mol. The monoisotopic (exact) mass is 437 g/mol. The van der Waals surface area contributed by atoms with E-state index in [4.69, 9.17) is 9.47 Å². The first-order valence-electron chi connectivity index (χ1n) is 9.69. The van der Waals surface area contributed by atoms with Crippen LogP contribution in [-0.4, -0.2) is 66.7 Å². The van der Waals surface area contributed by atoms with Crippen LogP contribution in [-0.2, 0) is 11.0 Å². The molecule has 2 atom stereocenters. The molecule has 11 heteroatoms. The Kier molecular flexibility index (Phi) is 5.61. The number of hydrogen-bond donors (Lipinski definition) is 1. The van der Waals surface area contributed by atoms with Crippen molar-refractivity contribution in [3.8, 4) is 11.5 Å². The summed E-state index contributed by atoms with van der Waals surface area (Å²) in [6, 6.07) is 6.24. The van der Waals surface area contributed by atoms with E-state index < -0.39 is 11.9 Å². The third-order valence-corrected chi connectivity index (χ3v) is 5.57. The van der Waals surface area contributed by atoms with Crippen molar-refractivity contribution in [2.75, 3.05) is 44.1 Å². The molecule has 3 aliphatic heterocycles. The number of halogens is 3. The number of carbonyl (C=O) groups is 1. The van der Waals surface area contributed by atoms with Crippen molar-refractivity contribution < 1.29 is 27.4 Å². The van der Waals surface area contributed by atoms with Crippen molar-refractivity contribution in [2.45, 2.75) is 24.7 Å². The fraction of sp³-hybridized carbons (Fsp3) is 0.450. The Balaban J connectivity index is 1.37. The topological polar surface area (TPSA) is 79.8 Å². The van der Waals surface area contributed by atoms with Crippen molar-refractivity contribution in [3.05, 3.63) is 36.3 Å². The number of alkyl halides is 3. The summed E-state index contributed by atoms with van der Waals surface area (Å²) in [7, 11) is 3.06. The standard InChI is InChI=1S/C20H22F3N5O3/c1-30-15-3-12(4-16(6-15)31-2)26-19(29)10-28-13-5-14(28)9-27(8-13)18-7-17(20(21,22)23)24-11-25-18/h3-4,6-7,11,13-14H,5,8-10H2,1-2H3,(H,26,29). The summed E-state index contributed by atoms with van der Waals surface area (Å²) >= 11 is 0. The molecule has 0 radical (unpaired) electrons. The third-order valence-electron chi connectivity index (χ3n) is 5.57. The SMILES string of the molecule is COc1cc(NC(=O)CN2C3CC2CN(c2cc(C(F)(F)F)ncn2)C3)cc(OC)c1. The molecule has 1 aromatic carbocycles. The van der Waals surface area contributed by atoms with Crippen molar-refractivity contribution in [2.24, 2.45) is 0 Å². The Morgan fingerprint density at radius 3 is 2.32 bits per heavy atom. The molecule has 1 aromatic heterocycles. The number of aromatic nitrogens is 2. The van der Waals surface area contributed by atoms with E-state index in [-0.39, 0.29) is 30.4 Å². The Labute approximate surface area is 177 Å². The zero-order valence-electron chi connectivity index (χ0n) is 17.0. The second kappa shape index (κ2) is 8.22. The van der Waals surface area contributed by atoms with Crippen LogP contribution in [0.3, 0.4) is 0 Å². The summed E-state index contributed by atoms with van der Waals surface area (Å²) in [4.78, 5) is 23.7. The van der Waals surface area contributed by atoms with Gasteiger partial charge in [-0.1, -0.05) is 0 Å². The van der Waals surface area contributed by atoms with Crippen LogP contribution in [0.1, 0.15) is 12.1 Å². The molecule has 3 fully saturated rings. The van der Waals surface area contributed by atoms with Crippen LogP contribution in [0.25, 0.3) is 0 Å². The van der Waals surface area contributed by atoms with Gasteiger partial charge in [-0.25, -0.2) is 9.97 Å². The second-order valence-electron chi connectivity index (χ2n) is 7.53. The van der Waals surface area contributed by atoms with E-state index >= 15 is 0 Å². The first-order chi connectivity index (χ1) is 14.8. The van der Waals surface area contributed by atoms with Crippen LogP contribution in [0, 0.1) is 0 Å². The van der Waals surface area contributed by atoms with Gasteiger partial charge in [0.05, 0.1) is 20.8 Å². The zero-order chi connectivity index (χ0) is 22.2. The molecule has 3 aliphatic rings. The molecule has 166 valence electrons. The first kappa shape index (κ1) is 21.2. The lowest BCUT2D eigenvalue weighted by Gasteiger charge is -2.56. The minimum Gasteiger partial charge on any atom is -0.497 e. The lowest BCUT2D eigenvalue weighted by atomic mass is 9.87. The van der Waals surface area contributed by atoms with Gasteiger partial charge in [0.2, 0.25) is 5.91 Å². The molecule has 2 bridgehead atoms. The molecule has 0 spiro atoms. The largest absolute Gasteiger partial charge is 0.497 e. The van der Waals surface area contributed by atoms with Crippen molar-refractivity contribution in [1.82, 2.24) is 14.9 Å². The Morgan fingerprint density at radius 1 is 1.10 bits per heavy atom. The summed E-state index contributed by atoms with van der Waals surface area (Å²) in [5, 5.41) is 2.85. The van der Waals surface area contributed by atoms with E-state index in [1.165, 1.54) is 14.2 Å². The van der Waals surface area contributed by atoms with E-state index in [1.54, 1.807) is 18.2 Å². The van der Waals surface area contributed by atoms with Crippen LogP contribution in [0.15, 0.2) is 30.6 Å². The van der Waals surface area contributed by atoms with Gasteiger partial charge in [-0.05, 0) is 6.42 Å². The molecule has 8 nitrogen and oxygen atoms in total. The van der Waals surface area contributed by atoms with Gasteiger partial charge in [-0.15, -0.1) is 0 Å². The van der Waals surface area contributed by atoms with Gasteiger partial charge in [0, 0.05) is 55.1 Å². The van der Waals surface area contributed by atoms with Gasteiger partial charge in [0.15, 0.2) is 0 Å². The minimum absolute atomic E-state index is 0.0775. The molecule has 4 heterocycles. The van der Waals surface area contributed by atoms with Gasteiger partial charge in [-0.3, -0.25) is 9.69 Å². The zero-order valence-corrected chi connectivity index (χ0v) is 17.0. The second-order valence-corrected chi connectivity index (χ2v) is 7.53. The lowest BCUT2D eigenvalue weighted by molar-refractivity contribution is -0.141. The fourth-order valence-corrected chi connectivity index (χ4v) is 4.05. The Bertz CT molecular complexity index is 937. The van der Waals surface area contributed by atoms with Gasteiger partial charge < -0.3 is 19.7 Å². The predicted octanol–water partition coefficient (Wildman–Crippen LogP) is 2.41. The van der Waals surface area contributed by atoms with Crippen molar-refractivity contribution in [3.63, 3.8) is 0 Å². The highest BCUT2D eigenvalue weighted by Crippen LogP contribution is 2.35. The van der Waals surface area contributed by atoms with Crippen molar-refractivity contribution in [1.29, 1.82) is 0 Å². The summed E-state index contributed by atoms with van der Waals surface area (Å²) in [5.74, 6) is 1.20. The predicted molar refractivity (Wildman–Crippen MR) is 106 cm³/mol. The number of nitrogens with one attached hydrogen (secondary N) is 1. The average Bonchev–Trinajstić information content (AvgIpc) is 2.76. The maximum absolute atomic E-state index is 12.9. The molecule has 0 saturated carbocycles. The van der Waals surface area contributed by atoms with Gasteiger partial charge in [-0.2, -0.15) is 13.2 Å². The minimum atomic E-state index is -4.51. The highest BCUT2D eigenvalue weighted by molar-refractivity contribution is 5.92.